The number of hydrogen-bond donors (Lipinski definition) is 0. The van der Waals surface area contributed by atoms with E-state index < -0.39 is 0 Å². The zero-order chi connectivity index (χ0) is 14.8. The van der Waals surface area contributed by atoms with Crippen molar-refractivity contribution in [2.45, 2.75) is 37.9 Å². The van der Waals surface area contributed by atoms with Gasteiger partial charge in [-0.3, -0.25) is 0 Å². The molecule has 0 aliphatic heterocycles. The quantitative estimate of drug-likeness (QED) is 0.621. The number of alkyl halides is 1. The molecule has 0 bridgehead atoms. The molecule has 2 aromatic carbocycles. The van der Waals surface area contributed by atoms with E-state index >= 15 is 0 Å². The number of fused-ring (bicyclic) bond motifs is 1. The maximum Gasteiger partial charge on any atom is 0.0429 e. The molecule has 1 unspecified atom stereocenters. The van der Waals surface area contributed by atoms with E-state index in [-0.39, 0.29) is 0 Å². The van der Waals surface area contributed by atoms with E-state index in [1.165, 1.54) is 41.5 Å². The molecule has 1 aliphatic carbocycles. The minimum atomic E-state index is 0.456. The van der Waals surface area contributed by atoms with Gasteiger partial charge >= 0.3 is 0 Å². The van der Waals surface area contributed by atoms with Gasteiger partial charge in [-0.1, -0.05) is 78.3 Å². The van der Waals surface area contributed by atoms with E-state index in [0.717, 1.165) is 5.92 Å². The molecule has 0 amide bonds. The summed E-state index contributed by atoms with van der Waals surface area (Å²) in [6.45, 7) is 4.55. The van der Waals surface area contributed by atoms with Crippen LogP contribution in [0.4, 0.5) is 0 Å². The van der Waals surface area contributed by atoms with Crippen LogP contribution in [0.3, 0.4) is 0 Å². The van der Waals surface area contributed by atoms with Crippen molar-refractivity contribution < 1.29 is 0 Å². The topological polar surface area (TPSA) is 0 Å². The molecule has 1 heteroatoms. The first kappa shape index (κ1) is 14.8. The van der Waals surface area contributed by atoms with Crippen LogP contribution in [0.2, 0.25) is 0 Å². The maximum atomic E-state index is 3.95. The molecule has 21 heavy (non-hydrogen) atoms. The number of halogens is 1. The summed E-state index contributed by atoms with van der Waals surface area (Å²) in [5.74, 6) is 1.40. The fourth-order valence-electron chi connectivity index (χ4n) is 3.38. The Hall–Kier alpha value is -1.08. The summed E-state index contributed by atoms with van der Waals surface area (Å²) >= 11 is 3.95. The third-order valence-electron chi connectivity index (χ3n) is 4.44. The lowest BCUT2D eigenvalue weighted by molar-refractivity contribution is 0.554. The van der Waals surface area contributed by atoms with Crippen LogP contribution in [-0.2, 0) is 19.3 Å². The SMILES string of the molecule is CC(C)Cc1ccc(C(Br)C2Cc3ccccc3C2)cc1. The van der Waals surface area contributed by atoms with Crippen molar-refractivity contribution in [3.05, 3.63) is 70.8 Å². The van der Waals surface area contributed by atoms with Crippen molar-refractivity contribution >= 4 is 15.9 Å². The highest BCUT2D eigenvalue weighted by atomic mass is 79.9. The first-order valence-electron chi connectivity index (χ1n) is 7.93. The second kappa shape index (κ2) is 6.36. The molecule has 0 nitrogen and oxygen atoms in total. The Kier molecular flexibility index (Phi) is 4.49. The predicted octanol–water partition coefficient (Wildman–Crippen LogP) is 5.74. The lowest BCUT2D eigenvalue weighted by Gasteiger charge is -2.18. The first-order chi connectivity index (χ1) is 10.1. The van der Waals surface area contributed by atoms with Crippen LogP contribution in [0.25, 0.3) is 0 Å². The van der Waals surface area contributed by atoms with E-state index in [9.17, 15) is 0 Å². The molecular formula is C20H23Br. The van der Waals surface area contributed by atoms with Crippen LogP contribution in [0.1, 0.15) is 40.9 Å². The summed E-state index contributed by atoms with van der Waals surface area (Å²) < 4.78 is 0. The van der Waals surface area contributed by atoms with Crippen LogP contribution in [0, 0.1) is 11.8 Å². The van der Waals surface area contributed by atoms with Gasteiger partial charge in [0.2, 0.25) is 0 Å². The zero-order valence-corrected chi connectivity index (χ0v) is 14.4. The molecule has 0 radical (unpaired) electrons. The summed E-state index contributed by atoms with van der Waals surface area (Å²) in [5.41, 5.74) is 5.93. The molecule has 0 N–H and O–H groups in total. The van der Waals surface area contributed by atoms with E-state index in [4.69, 9.17) is 0 Å². The average molecular weight is 343 g/mol. The van der Waals surface area contributed by atoms with Crippen molar-refractivity contribution in [1.82, 2.24) is 0 Å². The lowest BCUT2D eigenvalue weighted by atomic mass is 9.94. The lowest BCUT2D eigenvalue weighted by Crippen LogP contribution is -2.07. The molecule has 3 rings (SSSR count). The Bertz CT molecular complexity index is 572. The Balaban J connectivity index is 1.70. The van der Waals surface area contributed by atoms with Gasteiger partial charge in [-0.25, -0.2) is 0 Å². The van der Waals surface area contributed by atoms with Gasteiger partial charge in [0.25, 0.3) is 0 Å². The van der Waals surface area contributed by atoms with Crippen molar-refractivity contribution in [1.29, 1.82) is 0 Å². The average Bonchev–Trinajstić information content (AvgIpc) is 2.90. The monoisotopic (exact) mass is 342 g/mol. The summed E-state index contributed by atoms with van der Waals surface area (Å²) in [5, 5.41) is 0. The molecule has 0 heterocycles. The van der Waals surface area contributed by atoms with Gasteiger partial charge in [0.15, 0.2) is 0 Å². The van der Waals surface area contributed by atoms with Crippen LogP contribution < -0.4 is 0 Å². The largest absolute Gasteiger partial charge is 0.0835 e. The van der Waals surface area contributed by atoms with Crippen LogP contribution in [-0.4, -0.2) is 0 Å². The molecule has 1 aliphatic rings. The number of hydrogen-bond acceptors (Lipinski definition) is 0. The van der Waals surface area contributed by atoms with Crippen molar-refractivity contribution in [3.8, 4) is 0 Å². The summed E-state index contributed by atoms with van der Waals surface area (Å²) in [6.07, 6.45) is 3.56. The van der Waals surface area contributed by atoms with Crippen molar-refractivity contribution in [2.75, 3.05) is 0 Å². The van der Waals surface area contributed by atoms with E-state index in [1.807, 2.05) is 0 Å². The van der Waals surface area contributed by atoms with Gasteiger partial charge < -0.3 is 0 Å². The highest BCUT2D eigenvalue weighted by Crippen LogP contribution is 2.40. The zero-order valence-electron chi connectivity index (χ0n) is 12.9. The third-order valence-corrected chi connectivity index (χ3v) is 5.71. The molecule has 0 saturated carbocycles. The van der Waals surface area contributed by atoms with Crippen LogP contribution in [0.15, 0.2) is 48.5 Å². The third kappa shape index (κ3) is 3.40. The minimum absolute atomic E-state index is 0.456. The van der Waals surface area contributed by atoms with Gasteiger partial charge in [0.1, 0.15) is 0 Å². The minimum Gasteiger partial charge on any atom is -0.0835 e. The second-order valence-electron chi connectivity index (χ2n) is 6.68. The Morgan fingerprint density at radius 3 is 2.05 bits per heavy atom. The maximum absolute atomic E-state index is 3.95. The molecule has 0 spiro atoms. The molecule has 0 saturated heterocycles. The standard InChI is InChI=1S/C20H23Br/c1-14(2)11-15-7-9-16(10-8-15)20(21)19-12-17-5-3-4-6-18(17)13-19/h3-10,14,19-20H,11-13H2,1-2H3. The summed E-state index contributed by atoms with van der Waals surface area (Å²) in [6, 6.07) is 18.1. The second-order valence-corrected chi connectivity index (χ2v) is 7.66. The van der Waals surface area contributed by atoms with E-state index in [0.29, 0.717) is 10.7 Å². The highest BCUT2D eigenvalue weighted by Gasteiger charge is 2.27. The van der Waals surface area contributed by atoms with Crippen molar-refractivity contribution in [3.63, 3.8) is 0 Å². The molecule has 0 aromatic heterocycles. The van der Waals surface area contributed by atoms with E-state index in [1.54, 1.807) is 0 Å². The Morgan fingerprint density at radius 2 is 1.52 bits per heavy atom. The fraction of sp³-hybridized carbons (Fsp3) is 0.400. The number of benzene rings is 2. The van der Waals surface area contributed by atoms with Gasteiger partial charge in [-0.15, -0.1) is 0 Å². The fourth-order valence-corrected chi connectivity index (χ4v) is 4.06. The molecule has 1 atom stereocenters. The first-order valence-corrected chi connectivity index (χ1v) is 8.84. The van der Waals surface area contributed by atoms with Gasteiger partial charge in [0.05, 0.1) is 0 Å². The summed E-state index contributed by atoms with van der Waals surface area (Å²) in [7, 11) is 0. The molecular weight excluding hydrogens is 320 g/mol. The smallest absolute Gasteiger partial charge is 0.0429 e. The Labute approximate surface area is 136 Å². The highest BCUT2D eigenvalue weighted by molar-refractivity contribution is 9.09. The van der Waals surface area contributed by atoms with Crippen LogP contribution in [0.5, 0.6) is 0 Å². The molecule has 0 fully saturated rings. The van der Waals surface area contributed by atoms with Crippen LogP contribution >= 0.6 is 15.9 Å². The van der Waals surface area contributed by atoms with Gasteiger partial charge in [0, 0.05) is 4.83 Å². The van der Waals surface area contributed by atoms with Gasteiger partial charge in [-0.05, 0) is 53.4 Å². The predicted molar refractivity (Wildman–Crippen MR) is 94.0 cm³/mol. The van der Waals surface area contributed by atoms with E-state index in [2.05, 4.69) is 78.3 Å². The summed E-state index contributed by atoms with van der Waals surface area (Å²) in [4.78, 5) is 0.456. The van der Waals surface area contributed by atoms with Gasteiger partial charge in [-0.2, -0.15) is 0 Å². The molecule has 2 aromatic rings. The Morgan fingerprint density at radius 1 is 0.952 bits per heavy atom. The molecule has 110 valence electrons. The normalized spacial score (nSPS) is 16.2. The van der Waals surface area contributed by atoms with Crippen molar-refractivity contribution in [2.24, 2.45) is 11.8 Å². The number of rotatable bonds is 4.